The van der Waals surface area contributed by atoms with Crippen LogP contribution in [0.4, 0.5) is 0 Å². The average molecular weight is 309 g/mol. The van der Waals surface area contributed by atoms with Gasteiger partial charge in [0.2, 0.25) is 0 Å². The number of aryl methyl sites for hydroxylation is 1. The predicted octanol–water partition coefficient (Wildman–Crippen LogP) is 1.85. The number of hydrogen-bond donors (Lipinski definition) is 2. The lowest BCUT2D eigenvalue weighted by atomic mass is 10.2. The Morgan fingerprint density at radius 1 is 1.48 bits per heavy atom. The van der Waals surface area contributed by atoms with E-state index in [0.717, 1.165) is 37.0 Å². The minimum absolute atomic E-state index is 0.639. The normalized spacial score (nSPS) is 20.0. The van der Waals surface area contributed by atoms with E-state index in [-0.39, 0.29) is 0 Å². The molecule has 2 rings (SSSR count). The Morgan fingerprint density at radius 2 is 2.33 bits per heavy atom. The van der Waals surface area contributed by atoms with E-state index in [1.165, 1.54) is 24.3 Å². The highest BCUT2D eigenvalue weighted by Crippen LogP contribution is 2.15. The number of rotatable bonds is 6. The predicted molar refractivity (Wildman–Crippen MR) is 90.0 cm³/mol. The van der Waals surface area contributed by atoms with Gasteiger partial charge in [-0.05, 0) is 32.4 Å². The molecule has 0 amide bonds. The lowest BCUT2D eigenvalue weighted by Gasteiger charge is -2.23. The Morgan fingerprint density at radius 3 is 3.00 bits per heavy atom. The van der Waals surface area contributed by atoms with Gasteiger partial charge in [0.05, 0.1) is 6.54 Å². The molecule has 6 heteroatoms. The molecule has 1 aromatic heterocycles. The van der Waals surface area contributed by atoms with Gasteiger partial charge in [-0.1, -0.05) is 13.8 Å². The van der Waals surface area contributed by atoms with E-state index in [2.05, 4.69) is 39.4 Å². The van der Waals surface area contributed by atoms with Crippen LogP contribution in [0.25, 0.3) is 0 Å². The number of aliphatic imine (C=N–C) groups is 1. The molecule has 2 heterocycles. The van der Waals surface area contributed by atoms with Crippen LogP contribution >= 0.6 is 11.3 Å². The molecular formula is C15H27N5S. The molecule has 1 aliphatic heterocycles. The first-order chi connectivity index (χ1) is 10.3. The van der Waals surface area contributed by atoms with E-state index in [4.69, 9.17) is 0 Å². The van der Waals surface area contributed by atoms with Crippen LogP contribution in [0.15, 0.2) is 11.2 Å². The fourth-order valence-corrected chi connectivity index (χ4v) is 3.53. The average Bonchev–Trinajstić information content (AvgIpc) is 3.15. The Bertz CT molecular complexity index is 457. The Kier molecular flexibility index (Phi) is 6.45. The van der Waals surface area contributed by atoms with Gasteiger partial charge in [0.1, 0.15) is 5.01 Å². The Hall–Kier alpha value is -1.14. The molecule has 2 N–H and O–H groups in total. The number of nitrogens with zero attached hydrogens (tertiary/aromatic N) is 3. The van der Waals surface area contributed by atoms with Gasteiger partial charge in [-0.15, -0.1) is 11.3 Å². The molecule has 0 spiro atoms. The third kappa shape index (κ3) is 4.68. The summed E-state index contributed by atoms with van der Waals surface area (Å²) in [6, 6.07) is 0.639. The maximum atomic E-state index is 4.42. The van der Waals surface area contributed by atoms with Gasteiger partial charge >= 0.3 is 0 Å². The Balaban J connectivity index is 1.75. The second-order valence-electron chi connectivity index (χ2n) is 5.31. The van der Waals surface area contributed by atoms with Crippen LogP contribution in [0.3, 0.4) is 0 Å². The summed E-state index contributed by atoms with van der Waals surface area (Å²) >= 11 is 1.77. The maximum Gasteiger partial charge on any atom is 0.191 e. The lowest BCUT2D eigenvalue weighted by Crippen LogP contribution is -2.44. The van der Waals surface area contributed by atoms with Crippen molar-refractivity contribution in [3.63, 3.8) is 0 Å². The van der Waals surface area contributed by atoms with E-state index in [9.17, 15) is 0 Å². The highest BCUT2D eigenvalue weighted by atomic mass is 32.1. The van der Waals surface area contributed by atoms with Gasteiger partial charge in [-0.3, -0.25) is 9.89 Å². The van der Waals surface area contributed by atoms with Crippen molar-refractivity contribution < 1.29 is 0 Å². The van der Waals surface area contributed by atoms with Gasteiger partial charge in [-0.2, -0.15) is 0 Å². The summed E-state index contributed by atoms with van der Waals surface area (Å²) in [5.74, 6) is 0.867. The Labute approximate surface area is 131 Å². The highest BCUT2D eigenvalue weighted by molar-refractivity contribution is 7.11. The van der Waals surface area contributed by atoms with Gasteiger partial charge in [-0.25, -0.2) is 4.98 Å². The van der Waals surface area contributed by atoms with Crippen molar-refractivity contribution >= 4 is 17.3 Å². The quantitative estimate of drug-likeness (QED) is 0.622. The standard InChI is InChI=1S/C15H27N5S/c1-4-13-10-17-14(21-13)11-19-15(16-3)18-9-12-7-6-8-20(12)5-2/h10,12H,4-9,11H2,1-3H3,(H2,16,18,19). The summed E-state index contributed by atoms with van der Waals surface area (Å²) in [5, 5.41) is 7.91. The van der Waals surface area contributed by atoms with Crippen LogP contribution in [0, 0.1) is 0 Å². The number of thiazole rings is 1. The summed E-state index contributed by atoms with van der Waals surface area (Å²) in [6.07, 6.45) is 5.62. The van der Waals surface area contributed by atoms with Crippen molar-refractivity contribution in [3.05, 3.63) is 16.1 Å². The minimum Gasteiger partial charge on any atom is -0.355 e. The summed E-state index contributed by atoms with van der Waals surface area (Å²) in [7, 11) is 1.82. The third-order valence-corrected chi connectivity index (χ3v) is 5.13. The van der Waals surface area contributed by atoms with E-state index in [0.29, 0.717) is 6.04 Å². The molecule has 0 aromatic carbocycles. The van der Waals surface area contributed by atoms with Gasteiger partial charge in [0, 0.05) is 30.7 Å². The summed E-state index contributed by atoms with van der Waals surface area (Å²) in [6.45, 7) is 8.47. The molecule has 0 aliphatic carbocycles. The molecule has 21 heavy (non-hydrogen) atoms. The second-order valence-corrected chi connectivity index (χ2v) is 6.50. The highest BCUT2D eigenvalue weighted by Gasteiger charge is 2.22. The van der Waals surface area contributed by atoms with E-state index < -0.39 is 0 Å². The lowest BCUT2D eigenvalue weighted by molar-refractivity contribution is 0.267. The van der Waals surface area contributed by atoms with Crippen molar-refractivity contribution in [2.45, 2.75) is 45.7 Å². The van der Waals surface area contributed by atoms with Gasteiger partial charge < -0.3 is 10.6 Å². The van der Waals surface area contributed by atoms with Crippen LogP contribution in [0.2, 0.25) is 0 Å². The fraction of sp³-hybridized carbons (Fsp3) is 0.733. The zero-order valence-corrected chi connectivity index (χ0v) is 14.2. The number of guanidine groups is 1. The number of nitrogens with one attached hydrogen (secondary N) is 2. The molecule has 1 aliphatic rings. The van der Waals surface area contributed by atoms with Crippen LogP contribution in [-0.2, 0) is 13.0 Å². The van der Waals surface area contributed by atoms with Crippen LogP contribution < -0.4 is 10.6 Å². The number of aromatic nitrogens is 1. The third-order valence-electron chi connectivity index (χ3n) is 3.99. The molecule has 118 valence electrons. The topological polar surface area (TPSA) is 52.6 Å². The molecule has 1 saturated heterocycles. The zero-order chi connectivity index (χ0) is 15.1. The SMILES string of the molecule is CCc1cnc(CNC(=NC)NCC2CCCN2CC)s1. The molecule has 1 fully saturated rings. The zero-order valence-electron chi connectivity index (χ0n) is 13.4. The van der Waals surface area contributed by atoms with Crippen LogP contribution in [0.5, 0.6) is 0 Å². The number of likely N-dealkylation sites (tertiary alicyclic amines) is 1. The first-order valence-corrected chi connectivity index (χ1v) is 8.70. The second kappa shape index (κ2) is 8.34. The number of likely N-dealkylation sites (N-methyl/N-ethyl adjacent to an activating group) is 1. The summed E-state index contributed by atoms with van der Waals surface area (Å²) in [5.41, 5.74) is 0. The first kappa shape index (κ1) is 16.2. The van der Waals surface area contributed by atoms with Crippen molar-refractivity contribution in [2.24, 2.45) is 4.99 Å². The van der Waals surface area contributed by atoms with E-state index >= 15 is 0 Å². The molecule has 1 atom stereocenters. The van der Waals surface area contributed by atoms with E-state index in [1.54, 1.807) is 11.3 Å². The molecule has 1 aromatic rings. The fourth-order valence-electron chi connectivity index (χ4n) is 2.73. The van der Waals surface area contributed by atoms with Crippen molar-refractivity contribution in [3.8, 4) is 0 Å². The number of hydrogen-bond acceptors (Lipinski definition) is 4. The van der Waals surface area contributed by atoms with Crippen molar-refractivity contribution in [1.82, 2.24) is 20.5 Å². The summed E-state index contributed by atoms with van der Waals surface area (Å²) in [4.78, 5) is 12.6. The monoisotopic (exact) mass is 309 g/mol. The van der Waals surface area contributed by atoms with Crippen LogP contribution in [-0.4, -0.2) is 48.6 Å². The van der Waals surface area contributed by atoms with E-state index in [1.807, 2.05) is 13.2 Å². The molecule has 0 radical (unpaired) electrons. The molecule has 0 bridgehead atoms. The smallest absolute Gasteiger partial charge is 0.191 e. The molecular weight excluding hydrogens is 282 g/mol. The summed E-state index contributed by atoms with van der Waals surface area (Å²) < 4.78 is 0. The largest absolute Gasteiger partial charge is 0.355 e. The minimum atomic E-state index is 0.639. The molecule has 5 nitrogen and oxygen atoms in total. The van der Waals surface area contributed by atoms with Gasteiger partial charge in [0.25, 0.3) is 0 Å². The van der Waals surface area contributed by atoms with Gasteiger partial charge in [0.15, 0.2) is 5.96 Å². The molecule has 0 saturated carbocycles. The molecule has 1 unspecified atom stereocenters. The van der Waals surface area contributed by atoms with Crippen LogP contribution in [0.1, 0.15) is 36.6 Å². The van der Waals surface area contributed by atoms with Crippen molar-refractivity contribution in [1.29, 1.82) is 0 Å². The first-order valence-electron chi connectivity index (χ1n) is 7.89. The maximum absolute atomic E-state index is 4.42. The van der Waals surface area contributed by atoms with Crippen molar-refractivity contribution in [2.75, 3.05) is 26.7 Å².